The van der Waals surface area contributed by atoms with Crippen LogP contribution in [0.3, 0.4) is 0 Å². The van der Waals surface area contributed by atoms with Gasteiger partial charge in [0.1, 0.15) is 11.2 Å². The number of rotatable bonds is 8. The molecule has 8 rings (SSSR count). The van der Waals surface area contributed by atoms with Crippen molar-refractivity contribution in [2.75, 3.05) is 6.54 Å². The Hall–Kier alpha value is -2.92. The lowest BCUT2D eigenvalue weighted by molar-refractivity contribution is -0.275. The van der Waals surface area contributed by atoms with Gasteiger partial charge in [0, 0.05) is 17.4 Å². The number of carbonyl (C=O) groups excluding carboxylic acids is 2. The second-order valence-corrected chi connectivity index (χ2v) is 15.5. The topological polar surface area (TPSA) is 78.6 Å². The van der Waals surface area contributed by atoms with E-state index in [1.807, 2.05) is 0 Å². The summed E-state index contributed by atoms with van der Waals surface area (Å²) in [6.45, 7) is 5.12. The third-order valence-corrected chi connectivity index (χ3v) is 13.5. The van der Waals surface area contributed by atoms with E-state index in [9.17, 15) is 9.59 Å². The Bertz CT molecular complexity index is 1560. The molecule has 5 heteroatoms. The third-order valence-electron chi connectivity index (χ3n) is 13.5. The number of hydrogen-bond donors (Lipinski definition) is 1. The van der Waals surface area contributed by atoms with Crippen LogP contribution in [0, 0.1) is 40.4 Å². The second kappa shape index (κ2) is 11.4. The van der Waals surface area contributed by atoms with Gasteiger partial charge in [0.05, 0.1) is 11.0 Å². The number of allylic oxidation sites excluding steroid dienone is 6. The number of hydrogen-bond acceptors (Lipinski definition) is 5. The zero-order valence-corrected chi connectivity index (χ0v) is 27.8. The normalized spacial score (nSPS) is 38.2. The molecule has 0 bridgehead atoms. The molecular weight excluding hydrogens is 570 g/mol. The molecule has 244 valence electrons. The fourth-order valence-corrected chi connectivity index (χ4v) is 11.7. The van der Waals surface area contributed by atoms with Crippen molar-refractivity contribution in [1.29, 1.82) is 0 Å². The molecule has 46 heavy (non-hydrogen) atoms. The minimum Gasteiger partial charge on any atom is -0.449 e. The average molecular weight is 622 g/mol. The number of aryl methyl sites for hydroxylation is 1. The van der Waals surface area contributed by atoms with E-state index in [4.69, 9.17) is 15.2 Å². The average Bonchev–Trinajstić information content (AvgIpc) is 3.52. The number of fused-ring (bicyclic) bond motifs is 4. The SMILES string of the molecule is CCC[C@@H]1[C@@]23C(=O)OC(=CCCC4CCCCC4)[C@@]2(CCC2=C3C=C[C@H]3[C@@H]2C=CC[C@@H]3C)[C@@]12OC(=O)c1c(CCCN)cccc12. The van der Waals surface area contributed by atoms with Gasteiger partial charge < -0.3 is 15.2 Å². The summed E-state index contributed by atoms with van der Waals surface area (Å²) < 4.78 is 13.5. The molecule has 3 fully saturated rings. The van der Waals surface area contributed by atoms with Crippen molar-refractivity contribution in [1.82, 2.24) is 0 Å². The first-order valence-corrected chi connectivity index (χ1v) is 18.5. The van der Waals surface area contributed by atoms with Crippen molar-refractivity contribution in [2.45, 2.75) is 109 Å². The van der Waals surface area contributed by atoms with Crippen LogP contribution in [0.25, 0.3) is 0 Å². The number of nitrogens with two attached hydrogens (primary N) is 1. The fraction of sp³-hybridized carbons (Fsp3) is 0.610. The zero-order chi connectivity index (χ0) is 31.7. The van der Waals surface area contributed by atoms with Crippen molar-refractivity contribution < 1.29 is 19.1 Å². The van der Waals surface area contributed by atoms with Gasteiger partial charge in [-0.05, 0) is 92.9 Å². The molecule has 2 saturated carbocycles. The first-order valence-electron chi connectivity index (χ1n) is 18.5. The van der Waals surface area contributed by atoms with E-state index in [-0.39, 0.29) is 17.9 Å². The van der Waals surface area contributed by atoms with Gasteiger partial charge in [-0.15, -0.1) is 0 Å². The predicted molar refractivity (Wildman–Crippen MR) is 179 cm³/mol. The van der Waals surface area contributed by atoms with E-state index in [2.05, 4.69) is 62.4 Å². The molecule has 2 aliphatic heterocycles. The maximum Gasteiger partial charge on any atom is 0.339 e. The smallest absolute Gasteiger partial charge is 0.339 e. The van der Waals surface area contributed by atoms with Crippen LogP contribution in [-0.2, 0) is 26.3 Å². The highest BCUT2D eigenvalue weighted by Crippen LogP contribution is 2.86. The van der Waals surface area contributed by atoms with Gasteiger partial charge in [-0.2, -0.15) is 0 Å². The quantitative estimate of drug-likeness (QED) is 0.232. The molecule has 1 aromatic rings. The van der Waals surface area contributed by atoms with Crippen LogP contribution >= 0.6 is 0 Å². The molecule has 0 radical (unpaired) electrons. The molecule has 0 unspecified atom stereocenters. The summed E-state index contributed by atoms with van der Waals surface area (Å²) in [5.74, 6) is 2.33. The Morgan fingerprint density at radius 2 is 1.93 bits per heavy atom. The van der Waals surface area contributed by atoms with Gasteiger partial charge in [-0.1, -0.05) is 100 Å². The van der Waals surface area contributed by atoms with Gasteiger partial charge >= 0.3 is 11.9 Å². The van der Waals surface area contributed by atoms with E-state index in [1.165, 1.54) is 43.3 Å². The van der Waals surface area contributed by atoms with Crippen LogP contribution < -0.4 is 5.73 Å². The van der Waals surface area contributed by atoms with Gasteiger partial charge in [0.15, 0.2) is 5.60 Å². The number of cyclic esters (lactones) is 1. The Morgan fingerprint density at radius 1 is 1.09 bits per heavy atom. The van der Waals surface area contributed by atoms with Gasteiger partial charge in [-0.3, -0.25) is 4.79 Å². The summed E-state index contributed by atoms with van der Waals surface area (Å²) >= 11 is 0. The van der Waals surface area contributed by atoms with Crippen LogP contribution in [0.4, 0.5) is 0 Å². The van der Waals surface area contributed by atoms with Crippen molar-refractivity contribution in [3.63, 3.8) is 0 Å². The summed E-state index contributed by atoms with van der Waals surface area (Å²) in [4.78, 5) is 29.0. The van der Waals surface area contributed by atoms with Crippen LogP contribution in [0.15, 0.2) is 65.5 Å². The molecular formula is C41H51NO4. The first-order chi connectivity index (χ1) is 22.5. The molecule has 0 amide bonds. The number of ether oxygens (including phenoxy) is 2. The maximum atomic E-state index is 14.9. The highest BCUT2D eigenvalue weighted by molar-refractivity contribution is 6.00. The molecule has 2 N–H and O–H groups in total. The molecule has 5 aliphatic carbocycles. The summed E-state index contributed by atoms with van der Waals surface area (Å²) in [5, 5.41) is 0. The van der Waals surface area contributed by atoms with Crippen LogP contribution in [0.5, 0.6) is 0 Å². The van der Waals surface area contributed by atoms with Crippen molar-refractivity contribution >= 4 is 11.9 Å². The maximum absolute atomic E-state index is 14.9. The Morgan fingerprint density at radius 3 is 2.74 bits per heavy atom. The first kappa shape index (κ1) is 30.4. The monoisotopic (exact) mass is 621 g/mol. The molecule has 7 atom stereocenters. The Kier molecular flexibility index (Phi) is 7.51. The van der Waals surface area contributed by atoms with E-state index >= 15 is 0 Å². The molecule has 2 heterocycles. The fourth-order valence-electron chi connectivity index (χ4n) is 11.7. The zero-order valence-electron chi connectivity index (χ0n) is 27.8. The number of esters is 2. The predicted octanol–water partition coefficient (Wildman–Crippen LogP) is 8.64. The Balaban J connectivity index is 1.32. The van der Waals surface area contributed by atoms with Gasteiger partial charge in [-0.25, -0.2) is 4.79 Å². The molecule has 5 nitrogen and oxygen atoms in total. The van der Waals surface area contributed by atoms with Crippen molar-refractivity contribution in [2.24, 2.45) is 46.2 Å². The highest BCUT2D eigenvalue weighted by atomic mass is 16.6. The molecule has 1 saturated heterocycles. The van der Waals surface area contributed by atoms with Crippen molar-refractivity contribution in [3.8, 4) is 0 Å². The minimum atomic E-state index is -0.921. The minimum absolute atomic E-state index is 0.118. The van der Waals surface area contributed by atoms with Crippen LogP contribution in [0.1, 0.15) is 119 Å². The second-order valence-electron chi connectivity index (χ2n) is 15.5. The van der Waals surface area contributed by atoms with Gasteiger partial charge in [0.2, 0.25) is 0 Å². The van der Waals surface area contributed by atoms with E-state index in [0.717, 1.165) is 80.6 Å². The number of benzene rings is 1. The van der Waals surface area contributed by atoms with Crippen LogP contribution in [0.2, 0.25) is 0 Å². The summed E-state index contributed by atoms with van der Waals surface area (Å²) in [7, 11) is 0. The highest BCUT2D eigenvalue weighted by Gasteiger charge is 2.92. The lowest BCUT2D eigenvalue weighted by Crippen LogP contribution is -2.76. The molecule has 1 aromatic carbocycles. The Labute approximate surface area is 274 Å². The van der Waals surface area contributed by atoms with Crippen LogP contribution in [-0.4, -0.2) is 18.5 Å². The molecule has 1 spiro atoms. The number of carbonyl (C=O) groups is 2. The van der Waals surface area contributed by atoms with E-state index in [0.29, 0.717) is 29.9 Å². The molecule has 0 aromatic heterocycles. The molecule has 7 aliphatic rings. The third kappa shape index (κ3) is 3.78. The largest absolute Gasteiger partial charge is 0.449 e. The lowest BCUT2D eigenvalue weighted by atomic mass is 9.29. The summed E-state index contributed by atoms with van der Waals surface area (Å²) in [5.41, 5.74) is 8.71. The summed E-state index contributed by atoms with van der Waals surface area (Å²) in [6, 6.07) is 6.27. The standard InChI is InChI=1S/C41H51NO4/c1-3-11-34-40-32-22-21-29-26(2)12-7-18-30(29)31(32)23-24-39(40,35(45-38(40)44)20-8-15-27-13-5-4-6-14-27)41(34)33-19-9-16-28(17-10-25-42)36(33)37(43)46-41/h7,9,16,18-22,26-27,29-30,34H,3-6,8,10-15,17,23-25,42H2,1-2H3/t26-,29+,30-,34+,39+,40-,41-/m0/s1. The summed E-state index contributed by atoms with van der Waals surface area (Å²) in [6.07, 6.45) is 26.3. The lowest BCUT2D eigenvalue weighted by Gasteiger charge is -2.71. The van der Waals surface area contributed by atoms with Crippen molar-refractivity contribution in [3.05, 3.63) is 82.2 Å². The van der Waals surface area contributed by atoms with E-state index in [1.54, 1.807) is 0 Å². The van der Waals surface area contributed by atoms with Gasteiger partial charge in [0.25, 0.3) is 0 Å². The van der Waals surface area contributed by atoms with E-state index < -0.39 is 16.4 Å².